The highest BCUT2D eigenvalue weighted by Crippen LogP contribution is 2.33. The second kappa shape index (κ2) is 13.9. The quantitative estimate of drug-likeness (QED) is 0.337. The number of likely N-dealkylation sites (tertiary alicyclic amines) is 2. The van der Waals surface area contributed by atoms with Crippen molar-refractivity contribution in [3.05, 3.63) is 65.0 Å². The highest BCUT2D eigenvalue weighted by molar-refractivity contribution is 7.80. The number of oxazole rings is 1. The number of benzene rings is 1. The molecule has 1 saturated carbocycles. The second-order valence-electron chi connectivity index (χ2n) is 12.9. The minimum atomic E-state index is 0.0130. The van der Waals surface area contributed by atoms with Crippen molar-refractivity contribution in [2.45, 2.75) is 70.0 Å². The summed E-state index contributed by atoms with van der Waals surface area (Å²) in [5, 5.41) is 3.38. The van der Waals surface area contributed by atoms with E-state index in [2.05, 4.69) is 44.9 Å². The molecule has 1 amide bonds. The number of hydrogen-bond donors (Lipinski definition) is 2. The largest absolute Gasteiger partial charge is 0.497 e. The van der Waals surface area contributed by atoms with E-state index in [1.165, 1.54) is 37.5 Å². The van der Waals surface area contributed by atoms with Crippen LogP contribution < -0.4 is 15.0 Å². The van der Waals surface area contributed by atoms with Gasteiger partial charge in [-0.15, -0.1) is 12.6 Å². The van der Waals surface area contributed by atoms with Gasteiger partial charge in [-0.05, 0) is 99.2 Å². The number of hydrogen-bond acceptors (Lipinski definition) is 9. The van der Waals surface area contributed by atoms with Gasteiger partial charge in [-0.25, -0.2) is 9.97 Å². The molecule has 236 valence electrons. The predicted molar refractivity (Wildman–Crippen MR) is 175 cm³/mol. The van der Waals surface area contributed by atoms with E-state index < -0.39 is 0 Å². The molecular weight excluding hydrogens is 572 g/mol. The van der Waals surface area contributed by atoms with E-state index in [0.717, 1.165) is 79.8 Å². The molecule has 1 N–H and O–H groups in total. The van der Waals surface area contributed by atoms with Crippen LogP contribution in [-0.4, -0.2) is 78.1 Å². The fraction of sp³-hybridized carbons (Fsp3) is 0.559. The van der Waals surface area contributed by atoms with Crippen LogP contribution in [0.25, 0.3) is 0 Å². The second-order valence-corrected chi connectivity index (χ2v) is 13.3. The summed E-state index contributed by atoms with van der Waals surface area (Å²) in [6.45, 7) is 11.6. The summed E-state index contributed by atoms with van der Waals surface area (Å²) in [5.41, 5.74) is 4.04. The van der Waals surface area contributed by atoms with E-state index in [1.807, 2.05) is 37.1 Å². The molecule has 0 spiro atoms. The summed E-state index contributed by atoms with van der Waals surface area (Å²) in [4.78, 5) is 30.1. The average molecular weight is 619 g/mol. The van der Waals surface area contributed by atoms with Crippen molar-refractivity contribution >= 4 is 24.4 Å². The van der Waals surface area contributed by atoms with Crippen LogP contribution >= 0.6 is 12.6 Å². The third kappa shape index (κ3) is 7.58. The minimum absolute atomic E-state index is 0.0130. The van der Waals surface area contributed by atoms with Crippen molar-refractivity contribution in [2.24, 2.45) is 11.8 Å². The Morgan fingerprint density at radius 2 is 1.80 bits per heavy atom. The highest BCUT2D eigenvalue weighted by Gasteiger charge is 2.39. The SMILES string of the molecule is COc1cc(C)c(S)c(C)c1.O=C(c1coc(CNC2CC2)n1)N1CC2CCN(Cc3ccc(N4CCCC4)nc3)CC2C1. The van der Waals surface area contributed by atoms with E-state index in [9.17, 15) is 4.79 Å². The van der Waals surface area contributed by atoms with Gasteiger partial charge in [0.25, 0.3) is 5.91 Å². The fourth-order valence-corrected chi connectivity index (χ4v) is 6.79. The van der Waals surface area contributed by atoms with E-state index in [4.69, 9.17) is 14.1 Å². The highest BCUT2D eigenvalue weighted by atomic mass is 32.1. The number of nitrogens with zero attached hydrogens (tertiary/aromatic N) is 5. The Balaban J connectivity index is 0.000000265. The molecule has 7 rings (SSSR count). The number of thiol groups is 1. The van der Waals surface area contributed by atoms with Crippen molar-refractivity contribution in [1.82, 2.24) is 25.1 Å². The van der Waals surface area contributed by atoms with Crippen LogP contribution in [0.5, 0.6) is 5.75 Å². The van der Waals surface area contributed by atoms with E-state index in [-0.39, 0.29) is 5.91 Å². The van der Waals surface area contributed by atoms with Gasteiger partial charge in [0.2, 0.25) is 5.89 Å². The number of carbonyl (C=O) groups is 1. The molecule has 2 unspecified atom stereocenters. The lowest BCUT2D eigenvalue weighted by atomic mass is 9.88. The summed E-state index contributed by atoms with van der Waals surface area (Å²) in [7, 11) is 1.67. The maximum atomic E-state index is 13.0. The third-order valence-corrected chi connectivity index (χ3v) is 10.1. The molecule has 3 aliphatic heterocycles. The minimum Gasteiger partial charge on any atom is -0.497 e. The molecule has 44 heavy (non-hydrogen) atoms. The molecule has 0 bridgehead atoms. The first kappa shape index (κ1) is 30.9. The first-order valence-corrected chi connectivity index (χ1v) is 16.5. The Labute approximate surface area is 266 Å². The van der Waals surface area contributed by atoms with Crippen LogP contribution in [0.2, 0.25) is 0 Å². The topological polar surface area (TPSA) is 87.0 Å². The summed E-state index contributed by atoms with van der Waals surface area (Å²) in [6, 6.07) is 8.97. The van der Waals surface area contributed by atoms with Gasteiger partial charge < -0.3 is 24.3 Å². The normalized spacial score (nSPS) is 21.6. The number of piperidine rings is 1. The Bertz CT molecular complexity index is 1400. The van der Waals surface area contributed by atoms with Gasteiger partial charge in [-0.3, -0.25) is 9.69 Å². The van der Waals surface area contributed by atoms with Crippen molar-refractivity contribution in [1.29, 1.82) is 0 Å². The molecule has 0 radical (unpaired) electrons. The van der Waals surface area contributed by atoms with Crippen LogP contribution in [0.4, 0.5) is 5.82 Å². The standard InChI is InChI=1S/C25H34N6O2.C9H12OS/c32-25(22-17-33-24(28-22)12-26-21-4-5-21)31-15-19-7-10-29(14-20(19)16-31)13-18-3-6-23(27-11-18)30-8-1-2-9-30;1-6-4-8(10-3)5-7(2)9(6)11/h3,6,11,17,19-21,26H,1-2,4-5,7-10,12-16H2;4-5,11H,1-3H3. The van der Waals surface area contributed by atoms with Crippen molar-refractivity contribution in [3.8, 4) is 5.75 Å². The number of amides is 1. The Kier molecular flexibility index (Phi) is 9.78. The number of anilines is 1. The molecule has 4 aliphatic rings. The number of nitrogens with one attached hydrogen (secondary N) is 1. The van der Waals surface area contributed by atoms with Crippen LogP contribution in [0.1, 0.15) is 65.2 Å². The van der Waals surface area contributed by atoms with Crippen LogP contribution in [0, 0.1) is 25.7 Å². The number of aromatic nitrogens is 2. The molecular formula is C34H46N6O3S. The molecule has 2 aromatic heterocycles. The lowest BCUT2D eigenvalue weighted by molar-refractivity contribution is 0.0777. The zero-order chi connectivity index (χ0) is 30.6. The summed E-state index contributed by atoms with van der Waals surface area (Å²) >= 11 is 4.34. The lowest BCUT2D eigenvalue weighted by Crippen LogP contribution is -2.39. The van der Waals surface area contributed by atoms with Gasteiger partial charge in [0.1, 0.15) is 17.8 Å². The third-order valence-electron chi connectivity index (χ3n) is 9.41. The van der Waals surface area contributed by atoms with Crippen molar-refractivity contribution in [2.75, 3.05) is 51.3 Å². The average Bonchev–Trinajstić information content (AvgIpc) is 3.40. The summed E-state index contributed by atoms with van der Waals surface area (Å²) in [6.07, 6.45) is 9.71. The van der Waals surface area contributed by atoms with Gasteiger partial charge in [0.05, 0.1) is 13.7 Å². The molecule has 9 nitrogen and oxygen atoms in total. The van der Waals surface area contributed by atoms with E-state index >= 15 is 0 Å². The van der Waals surface area contributed by atoms with Crippen LogP contribution in [0.3, 0.4) is 0 Å². The van der Waals surface area contributed by atoms with Gasteiger partial charge in [-0.1, -0.05) is 6.07 Å². The fourth-order valence-electron chi connectivity index (χ4n) is 6.66. The predicted octanol–water partition coefficient (Wildman–Crippen LogP) is 5.12. The first-order chi connectivity index (χ1) is 21.4. The maximum absolute atomic E-state index is 13.0. The van der Waals surface area contributed by atoms with Crippen molar-refractivity contribution in [3.63, 3.8) is 0 Å². The monoisotopic (exact) mass is 618 g/mol. The Hall–Kier alpha value is -3.08. The van der Waals surface area contributed by atoms with Crippen LogP contribution in [-0.2, 0) is 13.1 Å². The number of fused-ring (bicyclic) bond motifs is 1. The number of aryl methyl sites for hydroxylation is 2. The smallest absolute Gasteiger partial charge is 0.275 e. The number of carbonyl (C=O) groups excluding carboxylic acids is 1. The van der Waals surface area contributed by atoms with Crippen molar-refractivity contribution < 1.29 is 13.9 Å². The number of rotatable bonds is 8. The van der Waals surface area contributed by atoms with E-state index in [0.29, 0.717) is 36.0 Å². The lowest BCUT2D eigenvalue weighted by Gasteiger charge is -2.34. The zero-order valence-electron chi connectivity index (χ0n) is 26.3. The summed E-state index contributed by atoms with van der Waals surface area (Å²) < 4.78 is 10.6. The zero-order valence-corrected chi connectivity index (χ0v) is 27.2. The molecule has 2 atom stereocenters. The van der Waals surface area contributed by atoms with Gasteiger partial charge in [-0.2, -0.15) is 0 Å². The Morgan fingerprint density at radius 3 is 2.48 bits per heavy atom. The molecule has 4 fully saturated rings. The molecule has 3 aromatic rings. The van der Waals surface area contributed by atoms with Crippen LogP contribution in [0.15, 0.2) is 46.0 Å². The molecule has 10 heteroatoms. The van der Waals surface area contributed by atoms with Gasteiger partial charge >= 0.3 is 0 Å². The number of ether oxygens (including phenoxy) is 1. The molecule has 1 aliphatic carbocycles. The molecule has 3 saturated heterocycles. The van der Waals surface area contributed by atoms with Gasteiger partial charge in [0, 0.05) is 56.4 Å². The van der Waals surface area contributed by atoms with E-state index in [1.54, 1.807) is 7.11 Å². The molecule has 5 heterocycles. The summed E-state index contributed by atoms with van der Waals surface area (Å²) in [5.74, 6) is 3.75. The number of methoxy groups -OCH3 is 1. The number of pyridine rings is 1. The maximum Gasteiger partial charge on any atom is 0.275 e. The Morgan fingerprint density at radius 1 is 1.05 bits per heavy atom. The molecule has 1 aromatic carbocycles. The first-order valence-electron chi connectivity index (χ1n) is 16.1. The van der Waals surface area contributed by atoms with Gasteiger partial charge in [0.15, 0.2) is 5.69 Å².